The molecule has 0 aromatic heterocycles. The number of hydrogen-bond acceptors (Lipinski definition) is 3. The fourth-order valence-electron chi connectivity index (χ4n) is 3.49. The summed E-state index contributed by atoms with van der Waals surface area (Å²) in [6.45, 7) is 1.75. The van der Waals surface area contributed by atoms with Gasteiger partial charge in [-0.05, 0) is 38.5 Å². The Labute approximate surface area is 137 Å². The molecular weight excluding hydrogens is 296 g/mol. The molecule has 0 radical (unpaired) electrons. The highest BCUT2D eigenvalue weighted by Gasteiger charge is 2.29. The Morgan fingerprint density at radius 1 is 0.957 bits per heavy atom. The molecule has 0 bridgehead atoms. The summed E-state index contributed by atoms with van der Waals surface area (Å²) >= 11 is 0. The lowest BCUT2D eigenvalue weighted by molar-refractivity contribution is -0.141. The van der Waals surface area contributed by atoms with Gasteiger partial charge in [0.1, 0.15) is 0 Å². The van der Waals surface area contributed by atoms with Crippen LogP contribution in [0.5, 0.6) is 0 Å². The van der Waals surface area contributed by atoms with Gasteiger partial charge >= 0.3 is 5.97 Å². The maximum atomic E-state index is 12.1. The van der Waals surface area contributed by atoms with Crippen molar-refractivity contribution in [3.8, 4) is 0 Å². The van der Waals surface area contributed by atoms with E-state index in [2.05, 4.69) is 10.6 Å². The highest BCUT2D eigenvalue weighted by molar-refractivity contribution is 5.80. The minimum absolute atomic E-state index is 0.0568. The number of aliphatic carboxylic acids is 1. The predicted octanol–water partition coefficient (Wildman–Crippen LogP) is 1.69. The standard InChI is InChI=1S/C17H28N2O4/c1-11(17(22)23)10-18-15(20)13-6-8-14(9-7-13)19-16(21)12-4-2-3-5-12/h11-14H,2-10H2,1H3,(H,18,20)(H,19,21)(H,22,23). The SMILES string of the molecule is CC(CNC(=O)C1CCC(NC(=O)C2CCCC2)CC1)C(=O)O. The largest absolute Gasteiger partial charge is 0.481 e. The average molecular weight is 324 g/mol. The van der Waals surface area contributed by atoms with Gasteiger partial charge in [-0.25, -0.2) is 0 Å². The minimum Gasteiger partial charge on any atom is -0.481 e. The maximum absolute atomic E-state index is 12.1. The molecule has 0 saturated heterocycles. The Hall–Kier alpha value is -1.59. The number of carboxylic acid groups (broad SMARTS) is 1. The van der Waals surface area contributed by atoms with Crippen LogP contribution in [-0.4, -0.2) is 35.5 Å². The van der Waals surface area contributed by atoms with Crippen LogP contribution in [0.1, 0.15) is 58.3 Å². The zero-order chi connectivity index (χ0) is 16.8. The van der Waals surface area contributed by atoms with Crippen LogP contribution in [0.3, 0.4) is 0 Å². The molecule has 2 amide bonds. The van der Waals surface area contributed by atoms with Crippen molar-refractivity contribution in [2.75, 3.05) is 6.54 Å². The number of nitrogens with one attached hydrogen (secondary N) is 2. The molecule has 130 valence electrons. The lowest BCUT2D eigenvalue weighted by atomic mass is 9.85. The van der Waals surface area contributed by atoms with Crippen molar-refractivity contribution in [2.45, 2.75) is 64.3 Å². The molecule has 2 saturated carbocycles. The Kier molecular flexibility index (Phi) is 6.42. The van der Waals surface area contributed by atoms with E-state index in [1.165, 1.54) is 0 Å². The molecule has 3 N–H and O–H groups in total. The van der Waals surface area contributed by atoms with Gasteiger partial charge in [-0.2, -0.15) is 0 Å². The van der Waals surface area contributed by atoms with Crippen LogP contribution in [0.25, 0.3) is 0 Å². The molecule has 1 unspecified atom stereocenters. The van der Waals surface area contributed by atoms with Crippen molar-refractivity contribution in [3.63, 3.8) is 0 Å². The molecule has 0 aliphatic heterocycles. The number of rotatable bonds is 6. The molecule has 6 nitrogen and oxygen atoms in total. The summed E-state index contributed by atoms with van der Waals surface area (Å²) in [6.07, 6.45) is 7.47. The first-order chi connectivity index (χ1) is 11.0. The molecule has 2 aliphatic carbocycles. The van der Waals surface area contributed by atoms with Gasteiger partial charge in [-0.1, -0.05) is 19.8 Å². The summed E-state index contributed by atoms with van der Waals surface area (Å²) in [5, 5.41) is 14.7. The summed E-state index contributed by atoms with van der Waals surface area (Å²) in [7, 11) is 0. The van der Waals surface area contributed by atoms with Gasteiger partial charge in [0.15, 0.2) is 0 Å². The molecular formula is C17H28N2O4. The summed E-state index contributed by atoms with van der Waals surface area (Å²) in [5.74, 6) is -1.21. The summed E-state index contributed by atoms with van der Waals surface area (Å²) in [6, 6.07) is 0.185. The van der Waals surface area contributed by atoms with Gasteiger partial charge in [0.05, 0.1) is 5.92 Å². The monoisotopic (exact) mass is 324 g/mol. The minimum atomic E-state index is -0.899. The van der Waals surface area contributed by atoms with Gasteiger partial charge in [0.2, 0.25) is 11.8 Å². The second kappa shape index (κ2) is 8.31. The zero-order valence-corrected chi connectivity index (χ0v) is 13.8. The van der Waals surface area contributed by atoms with Crippen molar-refractivity contribution < 1.29 is 19.5 Å². The zero-order valence-electron chi connectivity index (χ0n) is 13.8. The van der Waals surface area contributed by atoms with E-state index >= 15 is 0 Å². The summed E-state index contributed by atoms with van der Waals surface area (Å²) in [5.41, 5.74) is 0. The smallest absolute Gasteiger partial charge is 0.308 e. The number of hydrogen-bond donors (Lipinski definition) is 3. The summed E-state index contributed by atoms with van der Waals surface area (Å²) in [4.78, 5) is 34.9. The van der Waals surface area contributed by atoms with Crippen molar-refractivity contribution in [1.82, 2.24) is 10.6 Å². The average Bonchev–Trinajstić information content (AvgIpc) is 3.07. The molecule has 0 spiro atoms. The van der Waals surface area contributed by atoms with Crippen LogP contribution in [-0.2, 0) is 14.4 Å². The molecule has 23 heavy (non-hydrogen) atoms. The Morgan fingerprint density at radius 2 is 1.52 bits per heavy atom. The number of carbonyl (C=O) groups is 3. The fourth-order valence-corrected chi connectivity index (χ4v) is 3.49. The van der Waals surface area contributed by atoms with Gasteiger partial charge < -0.3 is 15.7 Å². The van der Waals surface area contributed by atoms with Gasteiger partial charge in [-0.15, -0.1) is 0 Å². The van der Waals surface area contributed by atoms with Crippen molar-refractivity contribution in [1.29, 1.82) is 0 Å². The van der Waals surface area contributed by atoms with Crippen LogP contribution in [0.4, 0.5) is 0 Å². The third kappa shape index (κ3) is 5.22. The molecule has 2 rings (SSSR count). The van der Waals surface area contributed by atoms with E-state index in [0.717, 1.165) is 51.4 Å². The second-order valence-electron chi connectivity index (χ2n) is 7.02. The Balaban J connectivity index is 1.67. The van der Waals surface area contributed by atoms with E-state index < -0.39 is 11.9 Å². The molecule has 2 fully saturated rings. The van der Waals surface area contributed by atoms with E-state index in [9.17, 15) is 14.4 Å². The topological polar surface area (TPSA) is 95.5 Å². The molecule has 6 heteroatoms. The Bertz CT molecular complexity index is 438. The Morgan fingerprint density at radius 3 is 2.09 bits per heavy atom. The lowest BCUT2D eigenvalue weighted by Crippen LogP contribution is -2.43. The van der Waals surface area contributed by atoms with Crippen molar-refractivity contribution in [3.05, 3.63) is 0 Å². The van der Waals surface area contributed by atoms with E-state index in [1.54, 1.807) is 6.92 Å². The normalized spacial score (nSPS) is 26.5. The van der Waals surface area contributed by atoms with Crippen LogP contribution in [0, 0.1) is 17.8 Å². The highest BCUT2D eigenvalue weighted by Crippen LogP contribution is 2.27. The predicted molar refractivity (Wildman–Crippen MR) is 85.7 cm³/mol. The molecule has 0 aromatic rings. The summed E-state index contributed by atoms with van der Waals surface area (Å²) < 4.78 is 0. The van der Waals surface area contributed by atoms with Gasteiger partial charge in [-0.3, -0.25) is 14.4 Å². The molecule has 0 aromatic carbocycles. The second-order valence-corrected chi connectivity index (χ2v) is 7.02. The van der Waals surface area contributed by atoms with Crippen LogP contribution in [0.15, 0.2) is 0 Å². The van der Waals surface area contributed by atoms with Crippen molar-refractivity contribution in [2.24, 2.45) is 17.8 Å². The highest BCUT2D eigenvalue weighted by atomic mass is 16.4. The quantitative estimate of drug-likeness (QED) is 0.693. The fraction of sp³-hybridized carbons (Fsp3) is 0.824. The number of amides is 2. The van der Waals surface area contributed by atoms with E-state index in [-0.39, 0.29) is 36.2 Å². The lowest BCUT2D eigenvalue weighted by Gasteiger charge is -2.29. The van der Waals surface area contributed by atoms with Crippen LogP contribution in [0.2, 0.25) is 0 Å². The first-order valence-corrected chi connectivity index (χ1v) is 8.78. The third-order valence-corrected chi connectivity index (χ3v) is 5.17. The van der Waals surface area contributed by atoms with Gasteiger partial charge in [0.25, 0.3) is 0 Å². The van der Waals surface area contributed by atoms with E-state index in [0.29, 0.717) is 0 Å². The van der Waals surface area contributed by atoms with E-state index in [4.69, 9.17) is 5.11 Å². The van der Waals surface area contributed by atoms with Crippen molar-refractivity contribution >= 4 is 17.8 Å². The number of carbonyl (C=O) groups excluding carboxylic acids is 2. The van der Waals surface area contributed by atoms with E-state index in [1.807, 2.05) is 0 Å². The third-order valence-electron chi connectivity index (χ3n) is 5.17. The number of carboxylic acids is 1. The maximum Gasteiger partial charge on any atom is 0.308 e. The van der Waals surface area contributed by atoms with Crippen LogP contribution >= 0.6 is 0 Å². The first-order valence-electron chi connectivity index (χ1n) is 8.78. The first kappa shape index (κ1) is 17.8. The molecule has 2 aliphatic rings. The molecule has 1 atom stereocenters. The van der Waals surface area contributed by atoms with Crippen LogP contribution < -0.4 is 10.6 Å². The van der Waals surface area contributed by atoms with Gasteiger partial charge in [0, 0.05) is 24.4 Å². The molecule has 0 heterocycles.